The van der Waals surface area contributed by atoms with Crippen molar-refractivity contribution in [3.05, 3.63) is 28.2 Å². The number of nitrogens with zero attached hydrogens (tertiary/aromatic N) is 1. The number of nitrogens with one attached hydrogen (secondary N) is 1. The van der Waals surface area contributed by atoms with Gasteiger partial charge in [0.2, 0.25) is 0 Å². The molecule has 0 amide bonds. The van der Waals surface area contributed by atoms with Gasteiger partial charge < -0.3 is 5.11 Å². The maximum atomic E-state index is 12.0. The second-order valence-electron chi connectivity index (χ2n) is 4.22. The molecule has 2 N–H and O–H groups in total. The molecule has 0 aromatic heterocycles. The van der Waals surface area contributed by atoms with Gasteiger partial charge in [-0.05, 0) is 48.0 Å². The summed E-state index contributed by atoms with van der Waals surface area (Å²) in [7, 11) is -2.27. The van der Waals surface area contributed by atoms with Crippen LogP contribution in [0.5, 0.6) is 0 Å². The molecule has 0 aliphatic carbocycles. The van der Waals surface area contributed by atoms with Crippen molar-refractivity contribution in [3.63, 3.8) is 0 Å². The first kappa shape index (κ1) is 15.9. The summed E-state index contributed by atoms with van der Waals surface area (Å²) in [6.07, 6.45) is 0. The number of carboxylic acid groups (broad SMARTS) is 1. The van der Waals surface area contributed by atoms with Crippen molar-refractivity contribution in [3.8, 4) is 0 Å². The Hall–Kier alpha value is -1.12. The van der Waals surface area contributed by atoms with Gasteiger partial charge in [-0.3, -0.25) is 4.72 Å². The van der Waals surface area contributed by atoms with E-state index in [9.17, 15) is 13.2 Å². The Morgan fingerprint density at radius 1 is 1.42 bits per heavy atom. The number of anilines is 1. The van der Waals surface area contributed by atoms with Crippen molar-refractivity contribution in [2.75, 3.05) is 11.8 Å². The average Bonchev–Trinajstić information content (AvgIpc) is 2.30. The van der Waals surface area contributed by atoms with Crippen molar-refractivity contribution < 1.29 is 18.3 Å². The minimum atomic E-state index is -3.72. The van der Waals surface area contributed by atoms with Gasteiger partial charge in [-0.15, -0.1) is 0 Å². The number of carboxylic acids is 1. The first-order valence-corrected chi connectivity index (χ1v) is 7.67. The molecule has 0 aliphatic rings. The maximum Gasteiger partial charge on any atom is 0.335 e. The highest BCUT2D eigenvalue weighted by atomic mass is 79.9. The fraction of sp³-hybridized carbons (Fsp3) is 0.364. The largest absolute Gasteiger partial charge is 0.478 e. The average molecular weight is 351 g/mol. The smallest absolute Gasteiger partial charge is 0.335 e. The minimum Gasteiger partial charge on any atom is -0.478 e. The van der Waals surface area contributed by atoms with E-state index in [1.807, 2.05) is 0 Å². The lowest BCUT2D eigenvalue weighted by Crippen LogP contribution is -2.37. The molecule has 8 heteroatoms. The molecule has 0 spiro atoms. The van der Waals surface area contributed by atoms with E-state index in [2.05, 4.69) is 20.7 Å². The van der Waals surface area contributed by atoms with Gasteiger partial charge in [-0.1, -0.05) is 0 Å². The Morgan fingerprint density at radius 2 is 2.00 bits per heavy atom. The molecular formula is C11H15BrN2O4S. The van der Waals surface area contributed by atoms with Crippen molar-refractivity contribution in [1.82, 2.24) is 4.31 Å². The van der Waals surface area contributed by atoms with Gasteiger partial charge in [0.1, 0.15) is 0 Å². The summed E-state index contributed by atoms with van der Waals surface area (Å²) < 4.78 is 28.0. The van der Waals surface area contributed by atoms with Crippen LogP contribution in [0.4, 0.5) is 5.69 Å². The summed E-state index contributed by atoms with van der Waals surface area (Å²) in [6.45, 7) is 3.48. The molecule has 0 atom stereocenters. The molecule has 6 nitrogen and oxygen atoms in total. The van der Waals surface area contributed by atoms with Gasteiger partial charge in [0.05, 0.1) is 11.3 Å². The number of halogens is 1. The van der Waals surface area contributed by atoms with E-state index >= 15 is 0 Å². The van der Waals surface area contributed by atoms with Crippen molar-refractivity contribution in [2.45, 2.75) is 19.9 Å². The monoisotopic (exact) mass is 350 g/mol. The Bertz CT molecular complexity index is 586. The molecule has 1 aromatic carbocycles. The van der Waals surface area contributed by atoms with Gasteiger partial charge in [-0.2, -0.15) is 12.7 Å². The van der Waals surface area contributed by atoms with Crippen LogP contribution in [0.25, 0.3) is 0 Å². The van der Waals surface area contributed by atoms with Gasteiger partial charge >= 0.3 is 16.2 Å². The summed E-state index contributed by atoms with van der Waals surface area (Å²) in [5.41, 5.74) is 0.195. The van der Waals surface area contributed by atoms with Crippen molar-refractivity contribution >= 4 is 37.8 Å². The summed E-state index contributed by atoms with van der Waals surface area (Å²) in [4.78, 5) is 10.9. The molecule has 0 heterocycles. The third-order valence-electron chi connectivity index (χ3n) is 2.56. The van der Waals surface area contributed by atoms with E-state index in [4.69, 9.17) is 5.11 Å². The predicted octanol–water partition coefficient (Wildman–Crippen LogP) is 2.14. The highest BCUT2D eigenvalue weighted by Crippen LogP contribution is 2.25. The molecule has 0 fully saturated rings. The van der Waals surface area contributed by atoms with Crippen molar-refractivity contribution in [1.29, 1.82) is 0 Å². The molecule has 0 saturated carbocycles. The fourth-order valence-electron chi connectivity index (χ4n) is 1.23. The fourth-order valence-corrected chi connectivity index (χ4v) is 2.85. The van der Waals surface area contributed by atoms with E-state index in [1.165, 1.54) is 25.2 Å². The highest BCUT2D eigenvalue weighted by Gasteiger charge is 2.21. The zero-order chi connectivity index (χ0) is 14.8. The summed E-state index contributed by atoms with van der Waals surface area (Å²) in [5.74, 6) is -1.12. The van der Waals surface area contributed by atoms with Crippen LogP contribution < -0.4 is 4.72 Å². The van der Waals surface area contributed by atoms with Crippen LogP contribution in [0.15, 0.2) is 22.7 Å². The van der Waals surface area contributed by atoms with E-state index < -0.39 is 16.2 Å². The van der Waals surface area contributed by atoms with Crippen molar-refractivity contribution in [2.24, 2.45) is 0 Å². The van der Waals surface area contributed by atoms with Crippen LogP contribution in [-0.4, -0.2) is 36.9 Å². The molecule has 0 unspecified atom stereocenters. The molecule has 1 aromatic rings. The van der Waals surface area contributed by atoms with Gasteiger partial charge in [0.15, 0.2) is 0 Å². The normalized spacial score (nSPS) is 11.9. The zero-order valence-electron chi connectivity index (χ0n) is 10.7. The lowest BCUT2D eigenvalue weighted by molar-refractivity contribution is 0.0697. The first-order valence-electron chi connectivity index (χ1n) is 5.43. The number of rotatable bonds is 5. The number of carbonyl (C=O) groups is 1. The number of aromatic carboxylic acids is 1. The van der Waals surface area contributed by atoms with Gasteiger partial charge in [0, 0.05) is 17.6 Å². The number of benzene rings is 1. The molecule has 0 saturated heterocycles. The third-order valence-corrected chi connectivity index (χ3v) is 4.91. The van der Waals surface area contributed by atoms with E-state index in [-0.39, 0.29) is 17.3 Å². The quantitative estimate of drug-likeness (QED) is 0.851. The summed E-state index contributed by atoms with van der Waals surface area (Å²) in [5, 5.41) is 8.89. The minimum absolute atomic E-state index is 0.00750. The van der Waals surface area contributed by atoms with Crippen LogP contribution in [-0.2, 0) is 10.2 Å². The molecule has 106 valence electrons. The van der Waals surface area contributed by atoms with Crippen LogP contribution in [0.1, 0.15) is 24.2 Å². The highest BCUT2D eigenvalue weighted by molar-refractivity contribution is 9.10. The Kier molecular flexibility index (Phi) is 4.94. The molecule has 0 radical (unpaired) electrons. The second kappa shape index (κ2) is 5.89. The predicted molar refractivity (Wildman–Crippen MR) is 76.5 cm³/mol. The second-order valence-corrected chi connectivity index (χ2v) is 6.80. The molecule has 0 aliphatic heterocycles. The molecular weight excluding hydrogens is 336 g/mol. The van der Waals surface area contributed by atoms with Crippen LogP contribution in [0.2, 0.25) is 0 Å². The summed E-state index contributed by atoms with van der Waals surface area (Å²) in [6, 6.07) is 3.92. The number of hydrogen-bond donors (Lipinski definition) is 2. The van der Waals surface area contributed by atoms with Gasteiger partial charge in [-0.25, -0.2) is 4.79 Å². The SMILES string of the molecule is CC(C)N(C)S(=O)(=O)Nc1cc(C(=O)O)ccc1Br. The standard InChI is InChI=1S/C11H15BrN2O4S/c1-7(2)14(3)19(17,18)13-10-6-8(11(15)16)4-5-9(10)12/h4-7,13H,1-3H3,(H,15,16). The van der Waals surface area contributed by atoms with E-state index in [0.29, 0.717) is 4.47 Å². The molecule has 19 heavy (non-hydrogen) atoms. The Labute approximate surface area is 120 Å². The Balaban J connectivity index is 3.12. The molecule has 0 bridgehead atoms. The zero-order valence-corrected chi connectivity index (χ0v) is 13.1. The first-order chi connectivity index (χ1) is 8.65. The molecule has 1 rings (SSSR count). The van der Waals surface area contributed by atoms with Crippen LogP contribution in [0, 0.1) is 0 Å². The van der Waals surface area contributed by atoms with Crippen LogP contribution in [0.3, 0.4) is 0 Å². The Morgan fingerprint density at radius 3 is 2.47 bits per heavy atom. The van der Waals surface area contributed by atoms with Crippen LogP contribution >= 0.6 is 15.9 Å². The summed E-state index contributed by atoms with van der Waals surface area (Å²) >= 11 is 3.18. The lowest BCUT2D eigenvalue weighted by Gasteiger charge is -2.22. The van der Waals surface area contributed by atoms with E-state index in [1.54, 1.807) is 13.8 Å². The van der Waals surface area contributed by atoms with Gasteiger partial charge in [0.25, 0.3) is 0 Å². The third kappa shape index (κ3) is 3.92. The van der Waals surface area contributed by atoms with E-state index in [0.717, 1.165) is 4.31 Å². The maximum absolute atomic E-state index is 12.0. The lowest BCUT2D eigenvalue weighted by atomic mass is 10.2. The topological polar surface area (TPSA) is 86.7 Å². The number of hydrogen-bond acceptors (Lipinski definition) is 3.